The van der Waals surface area contributed by atoms with E-state index in [2.05, 4.69) is 41.3 Å². The predicted octanol–water partition coefficient (Wildman–Crippen LogP) is 3.68. The van der Waals surface area contributed by atoms with E-state index >= 15 is 0 Å². The van der Waals surface area contributed by atoms with Crippen molar-refractivity contribution in [2.75, 3.05) is 18.0 Å². The molecule has 0 unspecified atom stereocenters. The fourth-order valence-corrected chi connectivity index (χ4v) is 3.11. The number of nitrogens with two attached hydrogens (primary N) is 1. The van der Waals surface area contributed by atoms with Gasteiger partial charge in [-0.15, -0.1) is 0 Å². The molecule has 2 aromatic rings. The molecule has 0 bridgehead atoms. The van der Waals surface area contributed by atoms with Crippen molar-refractivity contribution in [3.63, 3.8) is 0 Å². The number of hydrogen-bond acceptors (Lipinski definition) is 2. The molecule has 3 rings (SSSR count). The van der Waals surface area contributed by atoms with Crippen LogP contribution in [0.4, 0.5) is 5.69 Å². The van der Waals surface area contributed by atoms with E-state index in [1.54, 1.807) is 0 Å². The van der Waals surface area contributed by atoms with Gasteiger partial charge in [-0.2, -0.15) is 0 Å². The van der Waals surface area contributed by atoms with E-state index < -0.39 is 0 Å². The molecule has 1 aliphatic heterocycles. The minimum atomic E-state index is 0.612. The topological polar surface area (TPSA) is 29.3 Å². The highest BCUT2D eigenvalue weighted by Gasteiger charge is 2.13. The highest BCUT2D eigenvalue weighted by molar-refractivity contribution is 5.96. The summed E-state index contributed by atoms with van der Waals surface area (Å²) in [4.78, 5) is 2.55. The van der Waals surface area contributed by atoms with Gasteiger partial charge in [-0.1, -0.05) is 43.2 Å². The number of nitrogens with zero attached hydrogens (tertiary/aromatic N) is 1. The van der Waals surface area contributed by atoms with E-state index in [-0.39, 0.29) is 0 Å². The van der Waals surface area contributed by atoms with Crippen LogP contribution in [-0.4, -0.2) is 13.1 Å². The molecule has 2 heteroatoms. The maximum Gasteiger partial charge on any atom is 0.0446 e. The summed E-state index contributed by atoms with van der Waals surface area (Å²) in [6.45, 7) is 2.98. The van der Waals surface area contributed by atoms with Crippen LogP contribution < -0.4 is 10.6 Å². The van der Waals surface area contributed by atoms with Crippen LogP contribution in [0.15, 0.2) is 36.4 Å². The molecule has 1 saturated heterocycles. The van der Waals surface area contributed by atoms with Gasteiger partial charge in [0.1, 0.15) is 0 Å². The third-order valence-corrected chi connectivity index (χ3v) is 4.16. The van der Waals surface area contributed by atoms with Crippen molar-refractivity contribution in [2.24, 2.45) is 5.73 Å². The second kappa shape index (κ2) is 5.62. The van der Waals surface area contributed by atoms with Crippen LogP contribution in [0.5, 0.6) is 0 Å². The average molecular weight is 254 g/mol. The fourth-order valence-electron chi connectivity index (χ4n) is 3.11. The quantitative estimate of drug-likeness (QED) is 0.885. The maximum atomic E-state index is 5.86. The summed E-state index contributed by atoms with van der Waals surface area (Å²) >= 11 is 0. The predicted molar refractivity (Wildman–Crippen MR) is 82.5 cm³/mol. The lowest BCUT2D eigenvalue weighted by molar-refractivity contribution is 0.726. The number of fused-ring (bicyclic) bond motifs is 1. The third kappa shape index (κ3) is 2.45. The van der Waals surface area contributed by atoms with E-state index in [1.165, 1.54) is 60.8 Å². The van der Waals surface area contributed by atoms with Gasteiger partial charge in [0.15, 0.2) is 0 Å². The van der Waals surface area contributed by atoms with Crippen LogP contribution in [-0.2, 0) is 6.54 Å². The Bertz CT molecular complexity index is 554. The van der Waals surface area contributed by atoms with E-state index in [4.69, 9.17) is 5.73 Å². The average Bonchev–Trinajstić information content (AvgIpc) is 2.75. The Balaban J connectivity index is 2.08. The fraction of sp³-hybridized carbons (Fsp3) is 0.412. The maximum absolute atomic E-state index is 5.86. The van der Waals surface area contributed by atoms with Crippen LogP contribution >= 0.6 is 0 Å². The first-order valence-corrected chi connectivity index (χ1v) is 7.36. The lowest BCUT2D eigenvalue weighted by Crippen LogP contribution is -2.24. The van der Waals surface area contributed by atoms with Gasteiger partial charge in [-0.05, 0) is 29.9 Å². The standard InChI is InChI=1S/C17H22N2/c18-13-14-9-10-17(16-8-4-3-7-15(14)16)19-11-5-1-2-6-12-19/h3-4,7-10H,1-2,5-6,11-13,18H2. The minimum Gasteiger partial charge on any atom is -0.371 e. The first-order valence-electron chi connectivity index (χ1n) is 7.36. The smallest absolute Gasteiger partial charge is 0.0446 e. The van der Waals surface area contributed by atoms with E-state index in [1.807, 2.05) is 0 Å². The summed E-state index contributed by atoms with van der Waals surface area (Å²) in [5, 5.41) is 2.67. The van der Waals surface area contributed by atoms with Crippen LogP contribution in [0.25, 0.3) is 10.8 Å². The Morgan fingerprint density at radius 3 is 2.21 bits per heavy atom. The van der Waals surface area contributed by atoms with Crippen molar-refractivity contribution < 1.29 is 0 Å². The lowest BCUT2D eigenvalue weighted by Gasteiger charge is -2.25. The van der Waals surface area contributed by atoms with E-state index in [0.29, 0.717) is 6.54 Å². The van der Waals surface area contributed by atoms with Gasteiger partial charge >= 0.3 is 0 Å². The molecule has 0 aliphatic carbocycles. The molecule has 2 nitrogen and oxygen atoms in total. The highest BCUT2D eigenvalue weighted by atomic mass is 15.1. The number of hydrogen-bond donors (Lipinski definition) is 1. The number of rotatable bonds is 2. The largest absolute Gasteiger partial charge is 0.371 e. The molecule has 0 spiro atoms. The third-order valence-electron chi connectivity index (χ3n) is 4.16. The van der Waals surface area contributed by atoms with Crippen molar-refractivity contribution >= 4 is 16.5 Å². The lowest BCUT2D eigenvalue weighted by atomic mass is 10.0. The van der Waals surface area contributed by atoms with E-state index in [0.717, 1.165) is 0 Å². The van der Waals surface area contributed by atoms with Crippen molar-refractivity contribution in [2.45, 2.75) is 32.2 Å². The molecule has 100 valence electrons. The zero-order valence-corrected chi connectivity index (χ0v) is 11.4. The second-order valence-corrected chi connectivity index (χ2v) is 5.39. The van der Waals surface area contributed by atoms with Gasteiger partial charge in [0.05, 0.1) is 0 Å². The molecule has 0 amide bonds. The second-order valence-electron chi connectivity index (χ2n) is 5.39. The van der Waals surface area contributed by atoms with E-state index in [9.17, 15) is 0 Å². The first-order chi connectivity index (χ1) is 9.40. The Morgan fingerprint density at radius 2 is 1.53 bits per heavy atom. The SMILES string of the molecule is NCc1ccc(N2CCCCCC2)c2ccccc12. The summed E-state index contributed by atoms with van der Waals surface area (Å²) in [6, 6.07) is 13.1. The van der Waals surface area contributed by atoms with Crippen molar-refractivity contribution in [1.29, 1.82) is 0 Å². The van der Waals surface area contributed by atoms with Crippen molar-refractivity contribution in [3.8, 4) is 0 Å². The van der Waals surface area contributed by atoms with Gasteiger partial charge in [0, 0.05) is 30.7 Å². The molecule has 19 heavy (non-hydrogen) atoms. The molecular formula is C17H22N2. The Morgan fingerprint density at radius 1 is 0.842 bits per heavy atom. The first kappa shape index (κ1) is 12.5. The zero-order valence-electron chi connectivity index (χ0n) is 11.4. The highest BCUT2D eigenvalue weighted by Crippen LogP contribution is 2.30. The van der Waals surface area contributed by atoms with Crippen molar-refractivity contribution in [3.05, 3.63) is 42.0 Å². The Hall–Kier alpha value is -1.54. The van der Waals surface area contributed by atoms with Crippen LogP contribution in [0.2, 0.25) is 0 Å². The monoisotopic (exact) mass is 254 g/mol. The molecule has 1 fully saturated rings. The zero-order chi connectivity index (χ0) is 13.1. The Labute approximate surface area is 115 Å². The molecule has 0 atom stereocenters. The number of anilines is 1. The molecule has 1 aliphatic rings. The molecule has 0 radical (unpaired) electrons. The molecule has 0 saturated carbocycles. The minimum absolute atomic E-state index is 0.612. The Kier molecular flexibility index (Phi) is 3.69. The van der Waals surface area contributed by atoms with Gasteiger partial charge in [0.2, 0.25) is 0 Å². The van der Waals surface area contributed by atoms with Gasteiger partial charge in [-0.25, -0.2) is 0 Å². The van der Waals surface area contributed by atoms with Crippen LogP contribution in [0, 0.1) is 0 Å². The molecule has 2 N–H and O–H groups in total. The van der Waals surface area contributed by atoms with Gasteiger partial charge < -0.3 is 10.6 Å². The summed E-state index contributed by atoms with van der Waals surface area (Å²) < 4.78 is 0. The summed E-state index contributed by atoms with van der Waals surface area (Å²) in [5.41, 5.74) is 8.48. The summed E-state index contributed by atoms with van der Waals surface area (Å²) in [7, 11) is 0. The van der Waals surface area contributed by atoms with Gasteiger partial charge in [-0.3, -0.25) is 0 Å². The van der Waals surface area contributed by atoms with Crippen LogP contribution in [0.1, 0.15) is 31.2 Å². The normalized spacial score (nSPS) is 16.6. The summed E-state index contributed by atoms with van der Waals surface area (Å²) in [6.07, 6.45) is 5.37. The summed E-state index contributed by atoms with van der Waals surface area (Å²) in [5.74, 6) is 0. The molecule has 1 heterocycles. The molecule has 2 aromatic carbocycles. The number of benzene rings is 2. The molecular weight excluding hydrogens is 232 g/mol. The van der Waals surface area contributed by atoms with Crippen molar-refractivity contribution in [1.82, 2.24) is 0 Å². The van der Waals surface area contributed by atoms with Gasteiger partial charge in [0.25, 0.3) is 0 Å². The molecule has 0 aromatic heterocycles. The van der Waals surface area contributed by atoms with Crippen LogP contribution in [0.3, 0.4) is 0 Å².